The van der Waals surface area contributed by atoms with Crippen LogP contribution in [0.15, 0.2) is 72.8 Å². The topological polar surface area (TPSA) is 104 Å². The number of hydrogen-bond donors (Lipinski definition) is 3. The normalized spacial score (nSPS) is 16.0. The maximum absolute atomic E-state index is 14.3. The lowest BCUT2D eigenvalue weighted by Gasteiger charge is -2.31. The quantitative estimate of drug-likeness (QED) is 0.443. The second-order valence-corrected chi connectivity index (χ2v) is 6.68. The van der Waals surface area contributed by atoms with Crippen LogP contribution in [0.1, 0.15) is 22.7 Å². The summed E-state index contributed by atoms with van der Waals surface area (Å²) in [5, 5.41) is 26.5. The van der Waals surface area contributed by atoms with Gasteiger partial charge in [0.25, 0.3) is 0 Å². The molecule has 1 aliphatic heterocycles. The Bertz CT molecular complexity index is 1160. The highest BCUT2D eigenvalue weighted by atomic mass is 19.1. The number of nitrogens with one attached hydrogen (secondary N) is 2. The highest BCUT2D eigenvalue weighted by molar-refractivity contribution is 6.03. The van der Waals surface area contributed by atoms with Gasteiger partial charge in [0.15, 0.2) is 5.82 Å². The predicted octanol–water partition coefficient (Wildman–Crippen LogP) is 4.36. The molecular formula is C22H16FN3O4. The van der Waals surface area contributed by atoms with Crippen LogP contribution in [-0.4, -0.2) is 16.1 Å². The SMILES string of the molecule is O=C1NC(c2ccccc2)=C(c2ccccc2)C(c2cc(F)c(O)c([N+](=O)[O-])c2)N1. The molecule has 8 heteroatoms. The Kier molecular flexibility index (Phi) is 4.89. The molecule has 0 fully saturated rings. The molecule has 1 heterocycles. The van der Waals surface area contributed by atoms with Gasteiger partial charge in [-0.05, 0) is 22.8 Å². The van der Waals surface area contributed by atoms with Gasteiger partial charge in [-0.2, -0.15) is 0 Å². The number of amides is 2. The summed E-state index contributed by atoms with van der Waals surface area (Å²) in [6.07, 6.45) is 0. The molecule has 150 valence electrons. The van der Waals surface area contributed by atoms with Crippen molar-refractivity contribution in [2.75, 3.05) is 0 Å². The van der Waals surface area contributed by atoms with E-state index in [1.165, 1.54) is 0 Å². The Morgan fingerprint density at radius 1 is 0.967 bits per heavy atom. The molecule has 0 bridgehead atoms. The number of nitrogens with zero attached hydrogens (tertiary/aromatic N) is 1. The standard InChI is InChI=1S/C22H16FN3O4/c23-16-11-15(12-17(21(16)27)26(29)30)20-18(13-7-3-1-4-8-13)19(24-22(28)25-20)14-9-5-2-6-10-14/h1-12,20,27H,(H2,24,25,28). The summed E-state index contributed by atoms with van der Waals surface area (Å²) >= 11 is 0. The number of hydrogen-bond acceptors (Lipinski definition) is 4. The molecule has 1 aliphatic rings. The van der Waals surface area contributed by atoms with E-state index in [9.17, 15) is 24.4 Å². The van der Waals surface area contributed by atoms with Crippen LogP contribution in [0.2, 0.25) is 0 Å². The van der Waals surface area contributed by atoms with Gasteiger partial charge in [-0.15, -0.1) is 0 Å². The summed E-state index contributed by atoms with van der Waals surface area (Å²) in [6.45, 7) is 0. The van der Waals surface area contributed by atoms with E-state index in [4.69, 9.17) is 0 Å². The maximum Gasteiger partial charge on any atom is 0.320 e. The van der Waals surface area contributed by atoms with Gasteiger partial charge in [0.05, 0.1) is 16.7 Å². The average molecular weight is 405 g/mol. The zero-order chi connectivity index (χ0) is 21.3. The van der Waals surface area contributed by atoms with Crippen LogP contribution in [0.4, 0.5) is 14.9 Å². The fraction of sp³-hybridized carbons (Fsp3) is 0.0455. The first kappa shape index (κ1) is 19.1. The first-order valence-corrected chi connectivity index (χ1v) is 9.05. The molecular weight excluding hydrogens is 389 g/mol. The summed E-state index contributed by atoms with van der Waals surface area (Å²) in [6, 6.07) is 18.9. The van der Waals surface area contributed by atoms with Gasteiger partial charge >= 0.3 is 11.7 Å². The zero-order valence-corrected chi connectivity index (χ0v) is 15.5. The van der Waals surface area contributed by atoms with E-state index in [0.29, 0.717) is 11.3 Å². The molecule has 1 atom stereocenters. The third-order valence-electron chi connectivity index (χ3n) is 4.81. The van der Waals surface area contributed by atoms with Crippen molar-refractivity contribution in [3.8, 4) is 5.75 Å². The lowest BCUT2D eigenvalue weighted by atomic mass is 9.87. The average Bonchev–Trinajstić information content (AvgIpc) is 2.76. The number of halogens is 1. The molecule has 2 amide bonds. The molecule has 0 radical (unpaired) electrons. The van der Waals surface area contributed by atoms with Crippen LogP contribution in [0.3, 0.4) is 0 Å². The molecule has 0 saturated carbocycles. The Labute approximate surface area is 170 Å². The molecule has 1 unspecified atom stereocenters. The number of aromatic hydroxyl groups is 1. The number of phenols is 1. The Balaban J connectivity index is 1.99. The van der Waals surface area contributed by atoms with E-state index in [0.717, 1.165) is 23.3 Å². The summed E-state index contributed by atoms with van der Waals surface area (Å²) in [4.78, 5) is 22.9. The molecule has 0 saturated heterocycles. The predicted molar refractivity (Wildman–Crippen MR) is 109 cm³/mol. The van der Waals surface area contributed by atoms with Gasteiger partial charge < -0.3 is 15.7 Å². The van der Waals surface area contributed by atoms with Gasteiger partial charge in [-0.25, -0.2) is 9.18 Å². The number of urea groups is 1. The number of carbonyl (C=O) groups is 1. The lowest BCUT2D eigenvalue weighted by Crippen LogP contribution is -2.43. The molecule has 0 aromatic heterocycles. The molecule has 0 spiro atoms. The van der Waals surface area contributed by atoms with Gasteiger partial charge in [0, 0.05) is 11.6 Å². The van der Waals surface area contributed by atoms with Crippen LogP contribution in [0.25, 0.3) is 11.3 Å². The summed E-state index contributed by atoms with van der Waals surface area (Å²) in [5.41, 5.74) is 1.95. The monoisotopic (exact) mass is 405 g/mol. The third kappa shape index (κ3) is 3.46. The molecule has 30 heavy (non-hydrogen) atoms. The molecule has 3 aromatic carbocycles. The van der Waals surface area contributed by atoms with Gasteiger partial charge in [-0.1, -0.05) is 60.7 Å². The fourth-order valence-electron chi connectivity index (χ4n) is 3.49. The van der Waals surface area contributed by atoms with Crippen LogP contribution < -0.4 is 10.6 Å². The van der Waals surface area contributed by atoms with E-state index in [-0.39, 0.29) is 5.56 Å². The first-order valence-electron chi connectivity index (χ1n) is 9.05. The summed E-state index contributed by atoms with van der Waals surface area (Å²) in [7, 11) is 0. The number of phenolic OH excluding ortho intramolecular Hbond substituents is 1. The van der Waals surface area contributed by atoms with Crippen molar-refractivity contribution in [3.05, 3.63) is 105 Å². The van der Waals surface area contributed by atoms with Gasteiger partial charge in [0.1, 0.15) is 0 Å². The van der Waals surface area contributed by atoms with Crippen molar-refractivity contribution in [1.82, 2.24) is 10.6 Å². The van der Waals surface area contributed by atoms with Crippen LogP contribution in [0.5, 0.6) is 5.75 Å². The van der Waals surface area contributed by atoms with Crippen LogP contribution in [0, 0.1) is 15.9 Å². The summed E-state index contributed by atoms with van der Waals surface area (Å²) in [5.74, 6) is -2.18. The van der Waals surface area contributed by atoms with Crippen LogP contribution >= 0.6 is 0 Å². The number of rotatable bonds is 4. The Hall–Kier alpha value is -4.20. The van der Waals surface area contributed by atoms with Crippen molar-refractivity contribution < 1.29 is 19.2 Å². The number of benzene rings is 3. The Morgan fingerprint density at radius 2 is 1.57 bits per heavy atom. The summed E-state index contributed by atoms with van der Waals surface area (Å²) < 4.78 is 14.3. The van der Waals surface area contributed by atoms with Crippen LogP contribution in [-0.2, 0) is 0 Å². The van der Waals surface area contributed by atoms with E-state index in [2.05, 4.69) is 10.6 Å². The van der Waals surface area contributed by atoms with Gasteiger partial charge in [0.2, 0.25) is 5.75 Å². The van der Waals surface area contributed by atoms with E-state index >= 15 is 0 Å². The zero-order valence-electron chi connectivity index (χ0n) is 15.5. The van der Waals surface area contributed by atoms with Gasteiger partial charge in [-0.3, -0.25) is 10.1 Å². The second kappa shape index (κ2) is 7.67. The largest absolute Gasteiger partial charge is 0.500 e. The van der Waals surface area contributed by atoms with E-state index in [1.54, 1.807) is 0 Å². The minimum atomic E-state index is -1.14. The van der Waals surface area contributed by atoms with Crippen molar-refractivity contribution in [3.63, 3.8) is 0 Å². The molecule has 4 rings (SSSR count). The highest BCUT2D eigenvalue weighted by Crippen LogP contribution is 2.41. The van der Waals surface area contributed by atoms with Crippen molar-refractivity contribution >= 4 is 23.0 Å². The molecule has 7 nitrogen and oxygen atoms in total. The van der Waals surface area contributed by atoms with Crippen molar-refractivity contribution in [1.29, 1.82) is 0 Å². The minimum absolute atomic E-state index is 0.138. The maximum atomic E-state index is 14.3. The van der Waals surface area contributed by atoms with Crippen molar-refractivity contribution in [2.45, 2.75) is 6.04 Å². The molecule has 3 aromatic rings. The third-order valence-corrected chi connectivity index (χ3v) is 4.81. The second-order valence-electron chi connectivity index (χ2n) is 6.68. The highest BCUT2D eigenvalue weighted by Gasteiger charge is 2.32. The fourth-order valence-corrected chi connectivity index (χ4v) is 3.49. The van der Waals surface area contributed by atoms with E-state index in [1.807, 2.05) is 60.7 Å². The smallest absolute Gasteiger partial charge is 0.320 e. The molecule has 3 N–H and O–H groups in total. The molecule has 0 aliphatic carbocycles. The van der Waals surface area contributed by atoms with Crippen molar-refractivity contribution in [2.24, 2.45) is 0 Å². The van der Waals surface area contributed by atoms with E-state index < -0.39 is 34.3 Å². The lowest BCUT2D eigenvalue weighted by molar-refractivity contribution is -0.386. The Morgan fingerprint density at radius 3 is 2.17 bits per heavy atom. The minimum Gasteiger partial charge on any atom is -0.500 e. The number of carbonyl (C=O) groups excluding carboxylic acids is 1. The number of nitro groups is 1. The first-order chi connectivity index (χ1) is 14.5. The number of nitro benzene ring substituents is 1.